The molecule has 0 spiro atoms. The molecule has 1 saturated carbocycles. The summed E-state index contributed by atoms with van der Waals surface area (Å²) in [5.41, 5.74) is -0.437. The van der Waals surface area contributed by atoms with Gasteiger partial charge >= 0.3 is 5.97 Å². The molecule has 2 aromatic rings. The van der Waals surface area contributed by atoms with E-state index >= 15 is 0 Å². The van der Waals surface area contributed by atoms with Crippen molar-refractivity contribution in [2.75, 3.05) is 7.11 Å². The summed E-state index contributed by atoms with van der Waals surface area (Å²) < 4.78 is 24.8. The first kappa shape index (κ1) is 15.0. The van der Waals surface area contributed by atoms with Gasteiger partial charge in [0.15, 0.2) is 0 Å². The second-order valence-corrected chi connectivity index (χ2v) is 5.86. The van der Waals surface area contributed by atoms with E-state index < -0.39 is 23.8 Å². The molecule has 2 atom stereocenters. The van der Waals surface area contributed by atoms with Crippen molar-refractivity contribution in [3.8, 4) is 5.88 Å². The number of carbonyl (C=O) groups is 1. The average Bonchev–Trinajstić information content (AvgIpc) is 3.18. The predicted octanol–water partition coefficient (Wildman–Crippen LogP) is 1.82. The molecule has 0 N–H and O–H groups in total. The fraction of sp³-hybridized carbons (Fsp3) is 0.357. The normalized spacial score (nSPS) is 20.0. The van der Waals surface area contributed by atoms with Crippen molar-refractivity contribution in [2.45, 2.75) is 25.2 Å². The van der Waals surface area contributed by atoms with Crippen LogP contribution in [0.5, 0.6) is 5.88 Å². The molecule has 1 aromatic carbocycles. The highest BCUT2D eigenvalue weighted by molar-refractivity contribution is 9.10. The van der Waals surface area contributed by atoms with Gasteiger partial charge in [-0.1, -0.05) is 15.9 Å². The Morgan fingerprint density at radius 2 is 2.23 bits per heavy atom. The van der Waals surface area contributed by atoms with Crippen LogP contribution in [0.3, 0.4) is 0 Å². The highest BCUT2D eigenvalue weighted by atomic mass is 79.9. The van der Waals surface area contributed by atoms with E-state index in [2.05, 4.69) is 25.8 Å². The maximum Gasteiger partial charge on any atom is 0.327 e. The smallest absolute Gasteiger partial charge is 0.327 e. The van der Waals surface area contributed by atoms with E-state index in [0.717, 1.165) is 9.15 Å². The quantitative estimate of drug-likeness (QED) is 0.767. The molecule has 0 saturated heterocycles. The number of aromatic nitrogens is 2. The van der Waals surface area contributed by atoms with Crippen LogP contribution in [0, 0.1) is 0 Å². The number of hydrogen-bond donors (Lipinski definition) is 0. The molecular weight excluding hydrogens is 359 g/mol. The Bertz CT molecular complexity index is 807. The van der Waals surface area contributed by atoms with E-state index in [1.165, 1.54) is 7.11 Å². The van der Waals surface area contributed by atoms with Gasteiger partial charge < -0.3 is 9.47 Å². The number of alkyl halides is 1. The monoisotopic (exact) mass is 370 g/mol. The number of nitrogens with zero attached hydrogens (tertiary/aromatic N) is 2. The first-order valence-electron chi connectivity index (χ1n) is 6.57. The van der Waals surface area contributed by atoms with Crippen molar-refractivity contribution in [1.29, 1.82) is 0 Å². The Morgan fingerprint density at radius 1 is 1.50 bits per heavy atom. The molecular formula is C14H12BrFN2O4. The molecule has 6 nitrogen and oxygen atoms in total. The maximum absolute atomic E-state index is 13.1. The van der Waals surface area contributed by atoms with Crippen molar-refractivity contribution in [2.24, 2.45) is 0 Å². The summed E-state index contributed by atoms with van der Waals surface area (Å²) in [6.45, 7) is -0.332. The van der Waals surface area contributed by atoms with Gasteiger partial charge in [0.1, 0.15) is 18.8 Å². The second kappa shape index (κ2) is 5.68. The summed E-state index contributed by atoms with van der Waals surface area (Å²) in [4.78, 5) is 23.7. The van der Waals surface area contributed by atoms with Crippen LogP contribution in [0.1, 0.15) is 6.42 Å². The van der Waals surface area contributed by atoms with Gasteiger partial charge in [-0.15, -0.1) is 5.10 Å². The highest BCUT2D eigenvalue weighted by Gasteiger charge is 2.41. The molecule has 22 heavy (non-hydrogen) atoms. The van der Waals surface area contributed by atoms with Crippen LogP contribution in [0.4, 0.5) is 4.39 Å². The summed E-state index contributed by atoms with van der Waals surface area (Å²) in [5.74, 6) is -0.475. The van der Waals surface area contributed by atoms with Crippen LogP contribution in [-0.2, 0) is 16.1 Å². The third kappa shape index (κ3) is 2.83. The SMILES string of the molecule is COC(=O)Cn1nc(OC2C[C@@H]2F)c2cc(Br)ccc2c1=O. The maximum atomic E-state index is 13.1. The molecule has 0 bridgehead atoms. The molecule has 1 aliphatic rings. The number of ether oxygens (including phenoxy) is 2. The fourth-order valence-electron chi connectivity index (χ4n) is 2.02. The standard InChI is InChI=1S/C14H12BrFN2O4/c1-21-12(19)6-18-14(20)8-3-2-7(15)4-9(8)13(17-18)22-11-5-10(11)16/h2-4,10-11H,5-6H2,1H3/t10-,11?/m0/s1. The van der Waals surface area contributed by atoms with Gasteiger partial charge in [0.25, 0.3) is 5.56 Å². The number of esters is 1. The Labute approximate surface area is 132 Å². The topological polar surface area (TPSA) is 70.4 Å². The van der Waals surface area contributed by atoms with E-state index in [1.54, 1.807) is 18.2 Å². The summed E-state index contributed by atoms with van der Waals surface area (Å²) in [6.07, 6.45) is -1.28. The van der Waals surface area contributed by atoms with E-state index in [9.17, 15) is 14.0 Å². The molecule has 1 unspecified atom stereocenters. The lowest BCUT2D eigenvalue weighted by Crippen LogP contribution is -2.28. The minimum atomic E-state index is -1.02. The third-order valence-corrected chi connectivity index (χ3v) is 3.81. The number of carbonyl (C=O) groups excluding carboxylic acids is 1. The van der Waals surface area contributed by atoms with Crippen molar-refractivity contribution in [3.05, 3.63) is 33.0 Å². The van der Waals surface area contributed by atoms with Gasteiger partial charge in [0.05, 0.1) is 17.9 Å². The van der Waals surface area contributed by atoms with Crippen LogP contribution in [0.15, 0.2) is 27.5 Å². The molecule has 3 rings (SSSR count). The minimum Gasteiger partial charge on any atom is -0.470 e. The van der Waals surface area contributed by atoms with E-state index in [-0.39, 0.29) is 12.4 Å². The fourth-order valence-corrected chi connectivity index (χ4v) is 2.38. The third-order valence-electron chi connectivity index (χ3n) is 3.32. The number of benzene rings is 1. The van der Waals surface area contributed by atoms with Crippen molar-refractivity contribution < 1.29 is 18.7 Å². The van der Waals surface area contributed by atoms with Gasteiger partial charge in [0, 0.05) is 10.9 Å². The van der Waals surface area contributed by atoms with E-state index in [4.69, 9.17) is 4.74 Å². The van der Waals surface area contributed by atoms with Gasteiger partial charge in [-0.2, -0.15) is 0 Å². The lowest BCUT2D eigenvalue weighted by molar-refractivity contribution is -0.141. The van der Waals surface area contributed by atoms with Crippen LogP contribution < -0.4 is 10.3 Å². The van der Waals surface area contributed by atoms with Crippen molar-refractivity contribution in [1.82, 2.24) is 9.78 Å². The molecule has 1 aromatic heterocycles. The average molecular weight is 371 g/mol. The molecule has 8 heteroatoms. The first-order chi connectivity index (χ1) is 10.5. The summed E-state index contributed by atoms with van der Waals surface area (Å²) in [7, 11) is 1.22. The predicted molar refractivity (Wildman–Crippen MR) is 79.6 cm³/mol. The molecule has 1 heterocycles. The molecule has 0 radical (unpaired) electrons. The zero-order valence-electron chi connectivity index (χ0n) is 11.6. The Balaban J connectivity index is 2.12. The first-order valence-corrected chi connectivity index (χ1v) is 7.37. The van der Waals surface area contributed by atoms with E-state index in [1.807, 2.05) is 0 Å². The number of fused-ring (bicyclic) bond motifs is 1. The van der Waals surface area contributed by atoms with Crippen LogP contribution >= 0.6 is 15.9 Å². The highest BCUT2D eigenvalue weighted by Crippen LogP contribution is 2.33. The zero-order valence-corrected chi connectivity index (χ0v) is 13.2. The lowest BCUT2D eigenvalue weighted by atomic mass is 10.2. The van der Waals surface area contributed by atoms with Gasteiger partial charge in [-0.05, 0) is 18.2 Å². The zero-order chi connectivity index (χ0) is 15.9. The lowest BCUT2D eigenvalue weighted by Gasteiger charge is -2.11. The Hall–Kier alpha value is -1.96. The molecule has 1 fully saturated rings. The number of rotatable bonds is 4. The largest absolute Gasteiger partial charge is 0.470 e. The van der Waals surface area contributed by atoms with Gasteiger partial charge in [-0.3, -0.25) is 9.59 Å². The summed E-state index contributed by atoms with van der Waals surface area (Å²) in [5, 5.41) is 4.85. The van der Waals surface area contributed by atoms with Crippen LogP contribution in [0.2, 0.25) is 0 Å². The van der Waals surface area contributed by atoms with Crippen molar-refractivity contribution in [3.63, 3.8) is 0 Å². The Kier molecular flexibility index (Phi) is 3.86. The van der Waals surface area contributed by atoms with Crippen LogP contribution in [-0.4, -0.2) is 35.1 Å². The van der Waals surface area contributed by atoms with Crippen molar-refractivity contribution >= 4 is 32.7 Å². The molecule has 0 amide bonds. The molecule has 1 aliphatic carbocycles. The summed E-state index contributed by atoms with van der Waals surface area (Å²) in [6, 6.07) is 4.98. The number of hydrogen-bond acceptors (Lipinski definition) is 5. The van der Waals surface area contributed by atoms with E-state index in [0.29, 0.717) is 17.2 Å². The Morgan fingerprint density at radius 3 is 2.86 bits per heavy atom. The molecule has 116 valence electrons. The second-order valence-electron chi connectivity index (χ2n) is 4.94. The minimum absolute atomic E-state index is 0.130. The number of methoxy groups -OCH3 is 1. The molecule has 0 aliphatic heterocycles. The summed E-state index contributed by atoms with van der Waals surface area (Å²) >= 11 is 3.31. The van der Waals surface area contributed by atoms with Gasteiger partial charge in [-0.25, -0.2) is 9.07 Å². The number of halogens is 2. The van der Waals surface area contributed by atoms with Crippen LogP contribution in [0.25, 0.3) is 10.8 Å². The van der Waals surface area contributed by atoms with Gasteiger partial charge in [0.2, 0.25) is 5.88 Å².